The predicted octanol–water partition coefficient (Wildman–Crippen LogP) is -1.10. The van der Waals surface area contributed by atoms with Gasteiger partial charge in [0.1, 0.15) is 0 Å². The lowest BCUT2D eigenvalue weighted by Gasteiger charge is -2.15. The summed E-state index contributed by atoms with van der Waals surface area (Å²) in [7, 11) is -3.97. The van der Waals surface area contributed by atoms with Crippen molar-refractivity contribution < 1.29 is 23.1 Å². The van der Waals surface area contributed by atoms with Gasteiger partial charge in [0.05, 0.1) is 6.04 Å². The van der Waals surface area contributed by atoms with Gasteiger partial charge in [-0.15, -0.1) is 0 Å². The molecule has 0 saturated heterocycles. The van der Waals surface area contributed by atoms with Gasteiger partial charge < -0.3 is 10.4 Å². The van der Waals surface area contributed by atoms with Gasteiger partial charge >= 0.3 is 5.97 Å². The number of carbonyl (C=O) groups is 2. The van der Waals surface area contributed by atoms with Crippen LogP contribution in [-0.4, -0.2) is 43.2 Å². The van der Waals surface area contributed by atoms with Gasteiger partial charge in [0.2, 0.25) is 15.9 Å². The Morgan fingerprint density at radius 1 is 1.25 bits per heavy atom. The number of sulfonamides is 1. The number of nitrogens with one attached hydrogen (secondary N) is 2. The highest BCUT2D eigenvalue weighted by molar-refractivity contribution is 7.90. The number of carboxylic acids is 1. The number of hydrogen-bond donors (Lipinski definition) is 3. The van der Waals surface area contributed by atoms with E-state index in [9.17, 15) is 18.0 Å². The second-order valence-electron chi connectivity index (χ2n) is 3.66. The molecule has 0 aromatic carbocycles. The summed E-state index contributed by atoms with van der Waals surface area (Å²) in [6, 6.07) is -1.11. The fourth-order valence-electron chi connectivity index (χ4n) is 0.937. The maximum atomic E-state index is 11.3. The third kappa shape index (κ3) is 6.36. The summed E-state index contributed by atoms with van der Waals surface area (Å²) in [6.07, 6.45) is 0. The average Bonchev–Trinajstić information content (AvgIpc) is 1.98. The molecular weight excluding hydrogens is 236 g/mol. The average molecular weight is 252 g/mol. The van der Waals surface area contributed by atoms with Crippen molar-refractivity contribution in [1.82, 2.24) is 10.0 Å². The van der Waals surface area contributed by atoms with Gasteiger partial charge in [-0.05, 0) is 20.8 Å². The van der Waals surface area contributed by atoms with Crippen molar-refractivity contribution in [2.75, 3.05) is 5.75 Å². The molecule has 0 rings (SSSR count). The predicted molar refractivity (Wildman–Crippen MR) is 57.3 cm³/mol. The quantitative estimate of drug-likeness (QED) is 0.555. The lowest BCUT2D eigenvalue weighted by atomic mass is 10.3. The van der Waals surface area contributed by atoms with Crippen molar-refractivity contribution in [3.8, 4) is 0 Å². The SMILES string of the molecule is CC(C)NC(=O)C(C)NS(=O)(=O)CC(=O)O. The van der Waals surface area contributed by atoms with Crippen LogP contribution in [0.5, 0.6) is 0 Å². The Labute approximate surface area is 94.3 Å². The summed E-state index contributed by atoms with van der Waals surface area (Å²) in [5.41, 5.74) is 0. The summed E-state index contributed by atoms with van der Waals surface area (Å²) in [4.78, 5) is 21.6. The van der Waals surface area contributed by atoms with E-state index in [4.69, 9.17) is 5.11 Å². The molecule has 1 atom stereocenters. The molecule has 0 fully saturated rings. The highest BCUT2D eigenvalue weighted by Crippen LogP contribution is 1.91. The maximum Gasteiger partial charge on any atom is 0.320 e. The number of carboxylic acid groups (broad SMARTS) is 1. The fraction of sp³-hybridized carbons (Fsp3) is 0.750. The molecule has 1 amide bonds. The number of amides is 1. The number of aliphatic carboxylic acids is 1. The summed E-state index contributed by atoms with van der Waals surface area (Å²) >= 11 is 0. The lowest BCUT2D eigenvalue weighted by Crippen LogP contribution is -2.47. The van der Waals surface area contributed by atoms with Crippen LogP contribution >= 0.6 is 0 Å². The molecule has 0 spiro atoms. The van der Waals surface area contributed by atoms with E-state index in [0.717, 1.165) is 0 Å². The van der Waals surface area contributed by atoms with E-state index in [1.165, 1.54) is 6.92 Å². The molecule has 8 heteroatoms. The van der Waals surface area contributed by atoms with E-state index in [0.29, 0.717) is 0 Å². The second-order valence-corrected chi connectivity index (χ2v) is 5.41. The second kappa shape index (κ2) is 5.80. The Hall–Kier alpha value is -1.15. The van der Waals surface area contributed by atoms with Gasteiger partial charge in [-0.2, -0.15) is 0 Å². The molecular formula is C8H16N2O5S. The van der Waals surface area contributed by atoms with Crippen molar-refractivity contribution in [2.45, 2.75) is 32.9 Å². The third-order valence-electron chi connectivity index (χ3n) is 1.49. The van der Waals surface area contributed by atoms with Crippen LogP contribution in [0.25, 0.3) is 0 Å². The number of carbonyl (C=O) groups excluding carboxylic acids is 1. The molecule has 16 heavy (non-hydrogen) atoms. The highest BCUT2D eigenvalue weighted by Gasteiger charge is 2.22. The van der Waals surface area contributed by atoms with E-state index < -0.39 is 33.7 Å². The molecule has 0 heterocycles. The Balaban J connectivity index is 4.39. The smallest absolute Gasteiger partial charge is 0.320 e. The maximum absolute atomic E-state index is 11.3. The molecule has 0 aliphatic heterocycles. The van der Waals surface area contributed by atoms with Crippen molar-refractivity contribution >= 4 is 21.9 Å². The van der Waals surface area contributed by atoms with E-state index in [1.54, 1.807) is 13.8 Å². The standard InChI is InChI=1S/C8H16N2O5S/c1-5(2)9-8(13)6(3)10-16(14,15)4-7(11)12/h5-6,10H,4H2,1-3H3,(H,9,13)(H,11,12). The number of rotatable bonds is 6. The Kier molecular flexibility index (Phi) is 5.39. The largest absolute Gasteiger partial charge is 0.480 e. The molecule has 0 bridgehead atoms. The molecule has 0 aliphatic carbocycles. The molecule has 0 aromatic heterocycles. The first-order chi connectivity index (χ1) is 7.14. The van der Waals surface area contributed by atoms with Crippen molar-refractivity contribution in [3.05, 3.63) is 0 Å². The van der Waals surface area contributed by atoms with Crippen LogP contribution in [0, 0.1) is 0 Å². The van der Waals surface area contributed by atoms with Crippen LogP contribution in [0.2, 0.25) is 0 Å². The Bertz CT molecular complexity index is 363. The Morgan fingerprint density at radius 2 is 1.75 bits per heavy atom. The minimum absolute atomic E-state index is 0.112. The van der Waals surface area contributed by atoms with Crippen LogP contribution in [0.4, 0.5) is 0 Å². The summed E-state index contributed by atoms with van der Waals surface area (Å²) < 4.78 is 24.3. The first-order valence-corrected chi connectivity index (χ1v) is 6.31. The summed E-state index contributed by atoms with van der Waals surface area (Å²) in [5, 5.41) is 10.8. The minimum atomic E-state index is -3.97. The van der Waals surface area contributed by atoms with E-state index in [1.807, 2.05) is 4.72 Å². The van der Waals surface area contributed by atoms with Gasteiger partial charge in [-0.1, -0.05) is 0 Å². The number of hydrogen-bond acceptors (Lipinski definition) is 4. The zero-order chi connectivity index (χ0) is 12.9. The topological polar surface area (TPSA) is 113 Å². The van der Waals surface area contributed by atoms with Gasteiger partial charge in [-0.3, -0.25) is 9.59 Å². The molecule has 1 unspecified atom stereocenters. The van der Waals surface area contributed by atoms with Gasteiger partial charge in [0.15, 0.2) is 5.75 Å². The highest BCUT2D eigenvalue weighted by atomic mass is 32.2. The van der Waals surface area contributed by atoms with E-state index >= 15 is 0 Å². The van der Waals surface area contributed by atoms with Gasteiger partial charge in [0, 0.05) is 6.04 Å². The zero-order valence-corrected chi connectivity index (χ0v) is 10.2. The van der Waals surface area contributed by atoms with Crippen LogP contribution < -0.4 is 10.0 Å². The van der Waals surface area contributed by atoms with Gasteiger partial charge in [-0.25, -0.2) is 13.1 Å². The first kappa shape index (κ1) is 14.8. The normalized spacial score (nSPS) is 13.5. The van der Waals surface area contributed by atoms with Crippen LogP contribution in [0.1, 0.15) is 20.8 Å². The monoisotopic (exact) mass is 252 g/mol. The molecule has 0 aliphatic rings. The molecule has 3 N–H and O–H groups in total. The van der Waals surface area contributed by atoms with E-state index in [-0.39, 0.29) is 6.04 Å². The first-order valence-electron chi connectivity index (χ1n) is 4.66. The van der Waals surface area contributed by atoms with Gasteiger partial charge in [0.25, 0.3) is 0 Å². The van der Waals surface area contributed by atoms with E-state index in [2.05, 4.69) is 5.32 Å². The van der Waals surface area contributed by atoms with Crippen molar-refractivity contribution in [1.29, 1.82) is 0 Å². The molecule has 0 radical (unpaired) electrons. The summed E-state index contributed by atoms with van der Waals surface area (Å²) in [6.45, 7) is 4.81. The molecule has 0 saturated carbocycles. The third-order valence-corrected chi connectivity index (χ3v) is 2.83. The molecule has 7 nitrogen and oxygen atoms in total. The Morgan fingerprint density at radius 3 is 2.12 bits per heavy atom. The van der Waals surface area contributed by atoms with Crippen LogP contribution in [-0.2, 0) is 19.6 Å². The molecule has 94 valence electrons. The van der Waals surface area contributed by atoms with Crippen molar-refractivity contribution in [3.63, 3.8) is 0 Å². The summed E-state index contributed by atoms with van der Waals surface area (Å²) in [5.74, 6) is -3.01. The van der Waals surface area contributed by atoms with Crippen LogP contribution in [0.15, 0.2) is 0 Å². The zero-order valence-electron chi connectivity index (χ0n) is 9.35. The minimum Gasteiger partial charge on any atom is -0.480 e. The van der Waals surface area contributed by atoms with Crippen molar-refractivity contribution in [2.24, 2.45) is 0 Å². The fourth-order valence-corrected chi connectivity index (χ4v) is 1.99. The molecule has 0 aromatic rings. The lowest BCUT2D eigenvalue weighted by molar-refractivity contribution is -0.134. The van der Waals surface area contributed by atoms with Crippen LogP contribution in [0.3, 0.4) is 0 Å².